The Labute approximate surface area is 242 Å². The SMILES string of the molecule is CC(=O)OC[C@H]1O[C@H](SC2CCCCC2)[C@H](OC(C)=O)[C@@](F)(N2C=C(c3cc(F)c(F)c(F)c3)N(F)N2)[C@H]1OC(C)=O. The lowest BCUT2D eigenvalue weighted by molar-refractivity contribution is -0.294. The topological polar surface area (TPSA) is 107 Å². The van der Waals surface area contributed by atoms with Crippen LogP contribution in [0.2, 0.25) is 0 Å². The predicted octanol–water partition coefficient (Wildman–Crippen LogP) is 4.21. The number of hydrogen-bond acceptors (Lipinski definition) is 11. The van der Waals surface area contributed by atoms with Crippen molar-refractivity contribution in [2.24, 2.45) is 0 Å². The largest absolute Gasteiger partial charge is 0.463 e. The average Bonchev–Trinajstić information content (AvgIpc) is 3.32. The summed E-state index contributed by atoms with van der Waals surface area (Å²) in [6.07, 6.45) is -0.281. The van der Waals surface area contributed by atoms with E-state index in [1.165, 1.54) is 11.8 Å². The van der Waals surface area contributed by atoms with E-state index in [2.05, 4.69) is 0 Å². The van der Waals surface area contributed by atoms with Crippen molar-refractivity contribution < 1.29 is 55.4 Å². The summed E-state index contributed by atoms with van der Waals surface area (Å²) >= 11 is 1.17. The summed E-state index contributed by atoms with van der Waals surface area (Å²) in [7, 11) is 0. The van der Waals surface area contributed by atoms with Gasteiger partial charge in [-0.3, -0.25) is 19.4 Å². The second-order valence-corrected chi connectivity index (χ2v) is 11.5. The summed E-state index contributed by atoms with van der Waals surface area (Å²) < 4.78 is 96.3. The molecule has 0 amide bonds. The fourth-order valence-electron chi connectivity index (χ4n) is 5.09. The number of thioether (sulfide) groups is 1. The number of benzene rings is 1. The maximum absolute atomic E-state index is 17.8. The van der Waals surface area contributed by atoms with E-state index in [4.69, 9.17) is 18.9 Å². The summed E-state index contributed by atoms with van der Waals surface area (Å²) in [4.78, 5) is 36.0. The normalized spacial score (nSPS) is 28.3. The van der Waals surface area contributed by atoms with Crippen molar-refractivity contribution in [2.45, 2.75) is 87.7 Å². The maximum Gasteiger partial charge on any atom is 0.303 e. The van der Waals surface area contributed by atoms with Crippen molar-refractivity contribution in [2.75, 3.05) is 6.61 Å². The van der Waals surface area contributed by atoms with Gasteiger partial charge in [-0.2, -0.15) is 0 Å². The van der Waals surface area contributed by atoms with E-state index in [0.29, 0.717) is 17.1 Å². The molecular formula is C26H30F5N3O7S. The van der Waals surface area contributed by atoms with Gasteiger partial charge in [0.1, 0.15) is 23.8 Å². The molecule has 1 aromatic carbocycles. The molecule has 16 heteroatoms. The molecule has 5 atom stereocenters. The smallest absolute Gasteiger partial charge is 0.303 e. The van der Waals surface area contributed by atoms with E-state index in [9.17, 15) is 27.6 Å². The first-order valence-corrected chi connectivity index (χ1v) is 14.1. The summed E-state index contributed by atoms with van der Waals surface area (Å²) in [5, 5.41) is 0.134. The van der Waals surface area contributed by atoms with Crippen LogP contribution in [-0.4, -0.2) is 69.5 Å². The highest BCUT2D eigenvalue weighted by atomic mass is 32.2. The highest BCUT2D eigenvalue weighted by molar-refractivity contribution is 8.00. The molecule has 1 N–H and O–H groups in total. The van der Waals surface area contributed by atoms with Crippen molar-refractivity contribution in [3.63, 3.8) is 0 Å². The molecule has 0 spiro atoms. The van der Waals surface area contributed by atoms with Gasteiger partial charge in [0, 0.05) is 37.8 Å². The standard InChI is InChI=1S/C26H30F5N3O7S/c1-13(35)38-12-21-23(39-14(2)36)26(30,24(40-15(3)37)25(41-21)42-17-7-5-4-6-8-17)33-11-20(34(31)32-33)16-9-18(27)22(29)19(28)10-16/h9-11,17,21,23-25,32H,4-8,12H2,1-3H3/t21-,23+,24+,25-,26+/m1/s1. The van der Waals surface area contributed by atoms with Gasteiger partial charge in [0.05, 0.1) is 0 Å². The quantitative estimate of drug-likeness (QED) is 0.112. The number of nitrogens with one attached hydrogen (secondary N) is 1. The molecule has 0 unspecified atom stereocenters. The summed E-state index contributed by atoms with van der Waals surface area (Å²) in [6, 6.07) is 0.991. The highest BCUT2D eigenvalue weighted by Gasteiger charge is 2.66. The fraction of sp³-hybridized carbons (Fsp3) is 0.577. The Bertz CT molecular complexity index is 1210. The fourth-order valence-corrected chi connectivity index (χ4v) is 6.68. The zero-order valence-corrected chi connectivity index (χ0v) is 23.7. The zero-order valence-electron chi connectivity index (χ0n) is 22.9. The maximum atomic E-state index is 17.8. The van der Waals surface area contributed by atoms with E-state index in [0.717, 1.165) is 59.1 Å². The van der Waals surface area contributed by atoms with E-state index in [1.54, 1.807) is 0 Å². The van der Waals surface area contributed by atoms with Gasteiger partial charge < -0.3 is 18.9 Å². The van der Waals surface area contributed by atoms with Gasteiger partial charge in [0.15, 0.2) is 29.7 Å². The lowest BCUT2D eigenvalue weighted by atomic mass is 9.93. The van der Waals surface area contributed by atoms with Gasteiger partial charge in [-0.1, -0.05) is 23.7 Å². The van der Waals surface area contributed by atoms with Crippen LogP contribution < -0.4 is 5.53 Å². The van der Waals surface area contributed by atoms with Crippen LogP contribution in [0.15, 0.2) is 18.3 Å². The van der Waals surface area contributed by atoms with Gasteiger partial charge >= 0.3 is 17.9 Å². The minimum Gasteiger partial charge on any atom is -0.463 e. The summed E-state index contributed by atoms with van der Waals surface area (Å²) in [6.45, 7) is 2.49. The molecule has 0 bridgehead atoms. The number of alkyl halides is 1. The van der Waals surface area contributed by atoms with Crippen LogP contribution in [0.4, 0.5) is 22.0 Å². The Hall–Kier alpha value is -3.11. The molecule has 2 aliphatic heterocycles. The van der Waals surface area contributed by atoms with E-state index in [1.807, 2.05) is 5.53 Å². The third-order valence-electron chi connectivity index (χ3n) is 6.91. The molecule has 42 heavy (non-hydrogen) atoms. The van der Waals surface area contributed by atoms with Crippen molar-refractivity contribution in [1.82, 2.24) is 15.8 Å². The second-order valence-electron chi connectivity index (χ2n) is 10.0. The minimum atomic E-state index is -3.16. The number of carbonyl (C=O) groups is 3. The van der Waals surface area contributed by atoms with Gasteiger partial charge in [0.2, 0.25) is 0 Å². The van der Waals surface area contributed by atoms with Gasteiger partial charge in [-0.25, -0.2) is 17.6 Å². The van der Waals surface area contributed by atoms with Crippen molar-refractivity contribution in [1.29, 1.82) is 0 Å². The van der Waals surface area contributed by atoms with Crippen LogP contribution in [0.1, 0.15) is 58.4 Å². The van der Waals surface area contributed by atoms with E-state index < -0.39 is 82.8 Å². The van der Waals surface area contributed by atoms with Crippen LogP contribution in [-0.2, 0) is 33.3 Å². The zero-order chi connectivity index (χ0) is 30.8. The minimum absolute atomic E-state index is 0.0359. The van der Waals surface area contributed by atoms with Crippen LogP contribution in [0.5, 0.6) is 0 Å². The third kappa shape index (κ3) is 6.75. The molecule has 2 fully saturated rings. The number of carbonyl (C=O) groups excluding carboxylic acids is 3. The Morgan fingerprint density at radius 1 is 1.00 bits per heavy atom. The number of hydrazine groups is 2. The van der Waals surface area contributed by atoms with Crippen LogP contribution in [0, 0.1) is 17.5 Å². The summed E-state index contributed by atoms with van der Waals surface area (Å²) in [5.41, 5.74) is -0.417. The van der Waals surface area contributed by atoms with Gasteiger partial charge in [-0.15, -0.1) is 22.5 Å². The van der Waals surface area contributed by atoms with Gasteiger partial charge in [-0.05, 0) is 25.0 Å². The molecule has 0 aromatic heterocycles. The highest BCUT2D eigenvalue weighted by Crippen LogP contribution is 2.47. The third-order valence-corrected chi connectivity index (χ3v) is 8.40. The van der Waals surface area contributed by atoms with Crippen LogP contribution in [0.25, 0.3) is 5.70 Å². The predicted molar refractivity (Wildman–Crippen MR) is 137 cm³/mol. The number of halogens is 5. The number of rotatable bonds is 8. The number of nitrogens with zero attached hydrogens (tertiary/aromatic N) is 2. The van der Waals surface area contributed by atoms with Crippen molar-refractivity contribution in [3.8, 4) is 0 Å². The van der Waals surface area contributed by atoms with Crippen LogP contribution >= 0.6 is 11.8 Å². The lowest BCUT2D eigenvalue weighted by Gasteiger charge is -2.51. The van der Waals surface area contributed by atoms with Crippen molar-refractivity contribution >= 4 is 35.4 Å². The second kappa shape index (κ2) is 13.0. The molecule has 0 radical (unpaired) electrons. The molecule has 1 aromatic rings. The van der Waals surface area contributed by atoms with Crippen LogP contribution in [0.3, 0.4) is 0 Å². The first-order chi connectivity index (χ1) is 19.8. The molecule has 1 saturated carbocycles. The molecule has 1 aliphatic carbocycles. The molecule has 3 aliphatic rings. The molecular weight excluding hydrogens is 593 g/mol. The molecule has 4 rings (SSSR count). The monoisotopic (exact) mass is 623 g/mol. The Kier molecular flexibility index (Phi) is 9.88. The molecule has 10 nitrogen and oxygen atoms in total. The Balaban J connectivity index is 1.82. The Morgan fingerprint density at radius 2 is 1.60 bits per heavy atom. The number of hydrogen-bond donors (Lipinski definition) is 1. The summed E-state index contributed by atoms with van der Waals surface area (Å²) in [5.74, 6) is -10.9. The first-order valence-electron chi connectivity index (χ1n) is 13.2. The average molecular weight is 624 g/mol. The molecule has 2 heterocycles. The number of esters is 3. The number of ether oxygens (including phenoxy) is 4. The molecule has 1 saturated heterocycles. The first kappa shape index (κ1) is 31.8. The van der Waals surface area contributed by atoms with Crippen molar-refractivity contribution in [3.05, 3.63) is 41.3 Å². The van der Waals surface area contributed by atoms with E-state index >= 15 is 8.87 Å². The lowest BCUT2D eigenvalue weighted by Crippen LogP contribution is -2.73. The molecule has 232 valence electrons. The Morgan fingerprint density at radius 3 is 2.17 bits per heavy atom. The van der Waals surface area contributed by atoms with E-state index in [-0.39, 0.29) is 10.5 Å². The van der Waals surface area contributed by atoms with Gasteiger partial charge in [0.25, 0.3) is 5.79 Å².